The molecule has 0 spiro atoms. The molecule has 0 radical (unpaired) electrons. The number of rotatable bonds is 5. The smallest absolute Gasteiger partial charge is 0.364 e. The fraction of sp³-hybridized carbons (Fsp3) is 0.0870. The third-order valence-corrected chi connectivity index (χ3v) is 5.67. The number of benzene rings is 3. The van der Waals surface area contributed by atoms with Crippen LogP contribution in [0.5, 0.6) is 0 Å². The standard InChI is InChI=1S/C23H17F4N3O3S/c1-34(32,33)29-16-7-5-14-10-21(22(28)31)30(20(14)12-16)17-4-2-3-13(9-17)18-8-6-15(24)11-19(18)23(25,26)27/h2-12,29H,1H3,(H2,28,31). The number of amides is 1. The molecule has 34 heavy (non-hydrogen) atoms. The minimum Gasteiger partial charge on any atom is -0.364 e. The number of primary amides is 1. The van der Waals surface area contributed by atoms with Crippen molar-refractivity contribution >= 4 is 32.5 Å². The summed E-state index contributed by atoms with van der Waals surface area (Å²) in [5, 5.41) is 0.552. The lowest BCUT2D eigenvalue weighted by atomic mass is 9.98. The number of fused-ring (bicyclic) bond motifs is 1. The van der Waals surface area contributed by atoms with Crippen LogP contribution in [0.3, 0.4) is 0 Å². The van der Waals surface area contributed by atoms with E-state index in [2.05, 4.69) is 4.72 Å². The molecule has 0 saturated heterocycles. The van der Waals surface area contributed by atoms with Crippen LogP contribution in [0.4, 0.5) is 23.2 Å². The lowest BCUT2D eigenvalue weighted by Gasteiger charge is -2.15. The summed E-state index contributed by atoms with van der Waals surface area (Å²) in [4.78, 5) is 12.2. The summed E-state index contributed by atoms with van der Waals surface area (Å²) >= 11 is 0. The Morgan fingerprint density at radius 3 is 2.38 bits per heavy atom. The number of sulfonamides is 1. The van der Waals surface area contributed by atoms with Crippen LogP contribution in [0.2, 0.25) is 0 Å². The normalized spacial score (nSPS) is 12.1. The fourth-order valence-electron chi connectivity index (χ4n) is 3.75. The zero-order valence-electron chi connectivity index (χ0n) is 17.5. The van der Waals surface area contributed by atoms with Gasteiger partial charge in [0.05, 0.1) is 23.0 Å². The highest BCUT2D eigenvalue weighted by Crippen LogP contribution is 2.38. The Hall–Kier alpha value is -3.86. The molecule has 1 aromatic heterocycles. The van der Waals surface area contributed by atoms with Gasteiger partial charge in [0.25, 0.3) is 5.91 Å². The lowest BCUT2D eigenvalue weighted by molar-refractivity contribution is -0.137. The molecule has 0 aliphatic carbocycles. The highest BCUT2D eigenvalue weighted by molar-refractivity contribution is 7.92. The van der Waals surface area contributed by atoms with Crippen LogP contribution in [0.1, 0.15) is 16.1 Å². The summed E-state index contributed by atoms with van der Waals surface area (Å²) in [6.45, 7) is 0. The molecule has 176 valence electrons. The van der Waals surface area contributed by atoms with Gasteiger partial charge in [-0.1, -0.05) is 24.3 Å². The van der Waals surface area contributed by atoms with E-state index in [0.717, 1.165) is 18.4 Å². The number of nitrogens with zero attached hydrogens (tertiary/aromatic N) is 1. The van der Waals surface area contributed by atoms with Crippen LogP contribution in [0.25, 0.3) is 27.7 Å². The van der Waals surface area contributed by atoms with E-state index in [1.54, 1.807) is 12.1 Å². The molecule has 6 nitrogen and oxygen atoms in total. The van der Waals surface area contributed by atoms with Gasteiger partial charge in [0.15, 0.2) is 0 Å². The van der Waals surface area contributed by atoms with E-state index in [1.165, 1.54) is 41.0 Å². The number of hydrogen-bond acceptors (Lipinski definition) is 3. The Morgan fingerprint density at radius 1 is 1.00 bits per heavy atom. The van der Waals surface area contributed by atoms with Crippen molar-refractivity contribution in [2.24, 2.45) is 5.73 Å². The van der Waals surface area contributed by atoms with Crippen molar-refractivity contribution in [1.82, 2.24) is 4.57 Å². The molecule has 0 fully saturated rings. The Labute approximate surface area is 191 Å². The zero-order chi connectivity index (χ0) is 24.8. The topological polar surface area (TPSA) is 94.2 Å². The highest BCUT2D eigenvalue weighted by Gasteiger charge is 2.34. The minimum atomic E-state index is -4.79. The molecule has 3 aromatic carbocycles. The fourth-order valence-corrected chi connectivity index (χ4v) is 4.31. The van der Waals surface area contributed by atoms with E-state index < -0.39 is 33.5 Å². The number of aromatic nitrogens is 1. The van der Waals surface area contributed by atoms with Crippen molar-refractivity contribution in [2.45, 2.75) is 6.18 Å². The first-order chi connectivity index (χ1) is 15.8. The van der Waals surface area contributed by atoms with Crippen LogP contribution < -0.4 is 10.5 Å². The molecule has 3 N–H and O–H groups in total. The van der Waals surface area contributed by atoms with Crippen molar-refractivity contribution in [3.05, 3.63) is 83.8 Å². The average Bonchev–Trinajstić information content (AvgIpc) is 3.11. The number of carbonyl (C=O) groups is 1. The molecule has 0 bridgehead atoms. The molecule has 11 heteroatoms. The second-order valence-electron chi connectivity index (χ2n) is 7.62. The second kappa shape index (κ2) is 8.17. The third kappa shape index (κ3) is 4.60. The highest BCUT2D eigenvalue weighted by atomic mass is 32.2. The Kier molecular flexibility index (Phi) is 5.60. The molecule has 0 aliphatic heterocycles. The predicted octanol–water partition coefficient (Wildman–Crippen LogP) is 4.93. The Balaban J connectivity index is 1.95. The first-order valence-electron chi connectivity index (χ1n) is 9.74. The number of hydrogen-bond donors (Lipinski definition) is 2. The second-order valence-corrected chi connectivity index (χ2v) is 9.36. The van der Waals surface area contributed by atoms with Crippen LogP contribution in [0.15, 0.2) is 66.7 Å². The number of halogens is 4. The predicted molar refractivity (Wildman–Crippen MR) is 121 cm³/mol. The van der Waals surface area contributed by atoms with Gasteiger partial charge in [0.1, 0.15) is 11.5 Å². The van der Waals surface area contributed by atoms with Gasteiger partial charge in [0.2, 0.25) is 10.0 Å². The van der Waals surface area contributed by atoms with E-state index in [0.29, 0.717) is 22.7 Å². The van der Waals surface area contributed by atoms with Crippen LogP contribution >= 0.6 is 0 Å². The molecule has 1 heterocycles. The first kappa shape index (κ1) is 23.3. The molecular weight excluding hydrogens is 474 g/mol. The Bertz CT molecular complexity index is 1540. The number of alkyl halides is 3. The van der Waals surface area contributed by atoms with Gasteiger partial charge in [-0.3, -0.25) is 9.52 Å². The van der Waals surface area contributed by atoms with E-state index in [9.17, 15) is 30.8 Å². The minimum absolute atomic E-state index is 0.0406. The van der Waals surface area contributed by atoms with Gasteiger partial charge in [-0.15, -0.1) is 0 Å². The summed E-state index contributed by atoms with van der Waals surface area (Å²) in [5.74, 6) is -1.82. The van der Waals surface area contributed by atoms with Crippen molar-refractivity contribution in [3.8, 4) is 16.8 Å². The molecule has 0 aliphatic rings. The number of carbonyl (C=O) groups excluding carboxylic acids is 1. The van der Waals surface area contributed by atoms with Crippen molar-refractivity contribution in [1.29, 1.82) is 0 Å². The molecule has 0 saturated carbocycles. The number of nitrogens with two attached hydrogens (primary N) is 1. The average molecular weight is 491 g/mol. The third-order valence-electron chi connectivity index (χ3n) is 5.06. The van der Waals surface area contributed by atoms with Crippen molar-refractivity contribution < 1.29 is 30.8 Å². The van der Waals surface area contributed by atoms with E-state index >= 15 is 0 Å². The van der Waals surface area contributed by atoms with Gasteiger partial charge in [-0.25, -0.2) is 12.8 Å². The van der Waals surface area contributed by atoms with E-state index in [-0.39, 0.29) is 22.5 Å². The van der Waals surface area contributed by atoms with Crippen LogP contribution in [0, 0.1) is 5.82 Å². The van der Waals surface area contributed by atoms with Gasteiger partial charge in [-0.2, -0.15) is 13.2 Å². The maximum atomic E-state index is 13.6. The lowest BCUT2D eigenvalue weighted by Crippen LogP contribution is -2.16. The molecular formula is C23H17F4N3O3S. The van der Waals surface area contributed by atoms with Crippen molar-refractivity contribution in [3.63, 3.8) is 0 Å². The number of nitrogens with one attached hydrogen (secondary N) is 1. The van der Waals surface area contributed by atoms with Crippen molar-refractivity contribution in [2.75, 3.05) is 11.0 Å². The first-order valence-corrected chi connectivity index (χ1v) is 11.6. The summed E-state index contributed by atoms with van der Waals surface area (Å²) in [6.07, 6.45) is -3.81. The summed E-state index contributed by atoms with van der Waals surface area (Å²) in [7, 11) is -3.59. The monoisotopic (exact) mass is 491 g/mol. The summed E-state index contributed by atoms with van der Waals surface area (Å²) in [5.41, 5.74) is 5.25. The van der Waals surface area contributed by atoms with E-state index in [4.69, 9.17) is 5.73 Å². The van der Waals surface area contributed by atoms with E-state index in [1.807, 2.05) is 0 Å². The number of anilines is 1. The molecule has 0 unspecified atom stereocenters. The largest absolute Gasteiger partial charge is 0.417 e. The van der Waals surface area contributed by atoms with Gasteiger partial charge >= 0.3 is 6.18 Å². The summed E-state index contributed by atoms with van der Waals surface area (Å²) < 4.78 is 81.3. The molecule has 0 atom stereocenters. The Morgan fingerprint density at radius 2 is 1.74 bits per heavy atom. The molecule has 4 aromatic rings. The molecule has 4 rings (SSSR count). The SMILES string of the molecule is CS(=O)(=O)Nc1ccc2cc(C(N)=O)n(-c3cccc(-c4ccc(F)cc4C(F)(F)F)c3)c2c1. The summed E-state index contributed by atoms with van der Waals surface area (Å²) in [6, 6.07) is 14.3. The van der Waals surface area contributed by atoms with Crippen LogP contribution in [-0.2, 0) is 16.2 Å². The quantitative estimate of drug-likeness (QED) is 0.388. The molecule has 1 amide bonds. The van der Waals surface area contributed by atoms with Gasteiger partial charge in [-0.05, 0) is 53.6 Å². The van der Waals surface area contributed by atoms with Crippen LogP contribution in [-0.4, -0.2) is 25.1 Å². The zero-order valence-corrected chi connectivity index (χ0v) is 18.3. The van der Waals surface area contributed by atoms with Gasteiger partial charge in [0, 0.05) is 11.1 Å². The maximum Gasteiger partial charge on any atom is 0.417 e. The maximum absolute atomic E-state index is 13.6. The van der Waals surface area contributed by atoms with Gasteiger partial charge < -0.3 is 10.3 Å².